The molecule has 0 aliphatic rings. The van der Waals surface area contributed by atoms with Gasteiger partial charge in [-0.2, -0.15) is 4.72 Å². The first-order valence-electron chi connectivity index (χ1n) is 10.5. The lowest BCUT2D eigenvalue weighted by Gasteiger charge is -2.18. The number of sulfonamides is 1. The van der Waals surface area contributed by atoms with Crippen molar-refractivity contribution < 1.29 is 38.1 Å². The van der Waals surface area contributed by atoms with Gasteiger partial charge in [0.05, 0.1) is 17.7 Å². The summed E-state index contributed by atoms with van der Waals surface area (Å²) in [6.07, 6.45) is 0.784. The number of hydrogen-bond acceptors (Lipinski definition) is 7. The summed E-state index contributed by atoms with van der Waals surface area (Å²) in [6, 6.07) is 9.22. The quantitative estimate of drug-likeness (QED) is 0.270. The van der Waals surface area contributed by atoms with Crippen molar-refractivity contribution in [1.82, 2.24) is 4.72 Å². The Morgan fingerprint density at radius 3 is 2.00 bits per heavy atom. The Morgan fingerprint density at radius 1 is 0.941 bits per heavy atom. The molecule has 0 aliphatic heterocycles. The third-order valence-corrected chi connectivity index (χ3v) is 6.26. The number of anilines is 1. The van der Waals surface area contributed by atoms with E-state index in [-0.39, 0.29) is 24.2 Å². The second-order valence-corrected chi connectivity index (χ2v) is 9.29. The second-order valence-electron chi connectivity index (χ2n) is 7.61. The molecule has 0 aromatic heterocycles. The van der Waals surface area contributed by atoms with Gasteiger partial charge in [-0.1, -0.05) is 30.7 Å². The van der Waals surface area contributed by atoms with Crippen molar-refractivity contribution in [2.75, 3.05) is 25.5 Å². The molecule has 2 aromatic carbocycles. The monoisotopic (exact) mass is 497 g/mol. The zero-order valence-corrected chi connectivity index (χ0v) is 19.9. The van der Waals surface area contributed by atoms with Crippen LogP contribution in [0.5, 0.6) is 0 Å². The van der Waals surface area contributed by atoms with E-state index in [1.165, 1.54) is 6.07 Å². The number of hydrogen-bond donors (Lipinski definition) is 5. The number of aliphatic carboxylic acids is 3. The van der Waals surface area contributed by atoms with Crippen LogP contribution in [0.1, 0.15) is 32.1 Å². The molecule has 12 heteroatoms. The molecule has 0 bridgehead atoms. The van der Waals surface area contributed by atoms with Crippen LogP contribution in [0.4, 0.5) is 5.69 Å². The molecule has 6 N–H and O–H groups in total. The molecule has 11 nitrogen and oxygen atoms in total. The Bertz CT molecular complexity index is 1090. The predicted molar refractivity (Wildman–Crippen MR) is 127 cm³/mol. The van der Waals surface area contributed by atoms with E-state index in [9.17, 15) is 27.9 Å². The van der Waals surface area contributed by atoms with Gasteiger partial charge in [-0.25, -0.2) is 8.42 Å². The van der Waals surface area contributed by atoms with Crippen molar-refractivity contribution in [3.8, 4) is 0 Å². The summed E-state index contributed by atoms with van der Waals surface area (Å²) in [5, 5.41) is 26.5. The molecule has 188 valence electrons. The summed E-state index contributed by atoms with van der Waals surface area (Å²) in [4.78, 5) is 32.7. The minimum absolute atomic E-state index is 0.0729. The Hall–Kier alpha value is -3.22. The van der Waals surface area contributed by atoms with Gasteiger partial charge in [0.15, 0.2) is 0 Å². The normalized spacial score (nSPS) is 11.9. The van der Waals surface area contributed by atoms with Crippen LogP contribution in [0.3, 0.4) is 0 Å². The molecule has 2 aromatic rings. The zero-order valence-electron chi connectivity index (χ0n) is 19.1. The maximum atomic E-state index is 12.9. The first-order chi connectivity index (χ1) is 15.9. The highest BCUT2D eigenvalue weighted by atomic mass is 32.2. The fourth-order valence-corrected chi connectivity index (χ4v) is 4.52. The van der Waals surface area contributed by atoms with Crippen LogP contribution in [-0.2, 0) is 24.4 Å². The first-order valence-corrected chi connectivity index (χ1v) is 12.0. The maximum absolute atomic E-state index is 12.9. The van der Waals surface area contributed by atoms with Crippen LogP contribution in [0, 0.1) is 0 Å². The molecule has 0 aliphatic carbocycles. The third-order valence-electron chi connectivity index (χ3n) is 4.73. The van der Waals surface area contributed by atoms with Gasteiger partial charge in [0.1, 0.15) is 6.04 Å². The molecule has 0 fully saturated rings. The van der Waals surface area contributed by atoms with Crippen molar-refractivity contribution in [3.63, 3.8) is 0 Å². The number of nitrogens with two attached hydrogens (primary N) is 1. The topological polar surface area (TPSA) is 187 Å². The van der Waals surface area contributed by atoms with Gasteiger partial charge in [0.25, 0.3) is 0 Å². The van der Waals surface area contributed by atoms with Crippen LogP contribution in [-0.4, -0.2) is 68.3 Å². The number of rotatable bonds is 12. The fraction of sp³-hybridized carbons (Fsp3) is 0.409. The number of benzene rings is 2. The largest absolute Gasteiger partial charge is 0.481 e. The third kappa shape index (κ3) is 8.96. The highest BCUT2D eigenvalue weighted by molar-refractivity contribution is 7.89. The molecule has 0 radical (unpaired) electrons. The number of fused-ring (bicyclic) bond motifs is 1. The fourth-order valence-electron chi connectivity index (χ4n) is 3.08. The molecule has 2 rings (SSSR count). The Morgan fingerprint density at radius 2 is 1.50 bits per heavy atom. The van der Waals surface area contributed by atoms with Crippen LogP contribution in [0.15, 0.2) is 41.3 Å². The number of unbranched alkanes of at least 4 members (excludes halogenated alkanes) is 1. The molecule has 34 heavy (non-hydrogen) atoms. The van der Waals surface area contributed by atoms with E-state index < -0.39 is 34.0 Å². The van der Waals surface area contributed by atoms with E-state index in [4.69, 9.17) is 15.9 Å². The standard InChI is InChI=1S/C18H25N3O4S.C4H6O4/c1-21(2)16-10-5-8-14-13(16)7-6-11-17(14)26(24,25)20-15(18(22)23)9-3-4-12-19;5-3(6)1-2-4(7)8/h5-8,10-11,15,20H,3-4,9,12,19H2,1-2H3,(H,22,23);1-2H2,(H,5,6)(H,7,8)/t15-;/m0./s1. The molecule has 0 unspecified atom stereocenters. The molecule has 1 atom stereocenters. The SMILES string of the molecule is CN(C)c1cccc2c(S(=O)(=O)N[C@@H](CCCCN)C(=O)O)cccc12.O=C(O)CCC(=O)O. The Kier molecular flexibility index (Phi) is 11.4. The van der Waals surface area contributed by atoms with Gasteiger partial charge in [0, 0.05) is 30.6 Å². The molecule has 0 saturated carbocycles. The summed E-state index contributed by atoms with van der Waals surface area (Å²) in [7, 11) is -0.229. The van der Waals surface area contributed by atoms with Crippen molar-refractivity contribution >= 4 is 44.4 Å². The number of nitrogens with zero attached hydrogens (tertiary/aromatic N) is 1. The van der Waals surface area contributed by atoms with E-state index in [0.29, 0.717) is 24.8 Å². The molecule has 0 amide bonds. The van der Waals surface area contributed by atoms with Crippen LogP contribution in [0.25, 0.3) is 10.8 Å². The van der Waals surface area contributed by atoms with E-state index in [1.54, 1.807) is 18.2 Å². The highest BCUT2D eigenvalue weighted by Crippen LogP contribution is 2.30. The van der Waals surface area contributed by atoms with Gasteiger partial charge in [0.2, 0.25) is 10.0 Å². The molecular weight excluding hydrogens is 466 g/mol. The molecule has 0 saturated heterocycles. The van der Waals surface area contributed by atoms with E-state index in [1.807, 2.05) is 31.1 Å². The van der Waals surface area contributed by atoms with E-state index >= 15 is 0 Å². The van der Waals surface area contributed by atoms with Crippen LogP contribution >= 0.6 is 0 Å². The number of nitrogens with one attached hydrogen (secondary N) is 1. The summed E-state index contributed by atoms with van der Waals surface area (Å²) in [5.74, 6) is -3.35. The lowest BCUT2D eigenvalue weighted by atomic mass is 10.1. The van der Waals surface area contributed by atoms with Gasteiger partial charge in [-0.3, -0.25) is 14.4 Å². The molecular formula is C22H31N3O8S. The highest BCUT2D eigenvalue weighted by Gasteiger charge is 2.26. The summed E-state index contributed by atoms with van der Waals surface area (Å²) >= 11 is 0. The lowest BCUT2D eigenvalue weighted by molar-refractivity contribution is -0.143. The van der Waals surface area contributed by atoms with Gasteiger partial charge < -0.3 is 26.0 Å². The van der Waals surface area contributed by atoms with Crippen molar-refractivity contribution in [2.45, 2.75) is 43.0 Å². The van der Waals surface area contributed by atoms with E-state index in [0.717, 1.165) is 11.1 Å². The number of carboxylic acid groups (broad SMARTS) is 3. The minimum atomic E-state index is -3.99. The van der Waals surface area contributed by atoms with Crippen LogP contribution in [0.2, 0.25) is 0 Å². The Labute approximate surface area is 198 Å². The van der Waals surface area contributed by atoms with Crippen molar-refractivity contribution in [2.24, 2.45) is 5.73 Å². The smallest absolute Gasteiger partial charge is 0.321 e. The predicted octanol–water partition coefficient (Wildman–Crippen LogP) is 1.70. The van der Waals surface area contributed by atoms with Crippen molar-refractivity contribution in [1.29, 1.82) is 0 Å². The summed E-state index contributed by atoms with van der Waals surface area (Å²) in [6.45, 7) is 0.440. The zero-order chi connectivity index (χ0) is 25.9. The summed E-state index contributed by atoms with van der Waals surface area (Å²) in [5.41, 5.74) is 6.31. The molecule has 0 spiro atoms. The second kappa shape index (κ2) is 13.5. The number of carboxylic acids is 3. The van der Waals surface area contributed by atoms with E-state index in [2.05, 4.69) is 4.72 Å². The van der Waals surface area contributed by atoms with Crippen LogP contribution < -0.4 is 15.4 Å². The lowest BCUT2D eigenvalue weighted by Crippen LogP contribution is -2.40. The number of carbonyl (C=O) groups is 3. The summed E-state index contributed by atoms with van der Waals surface area (Å²) < 4.78 is 28.1. The first kappa shape index (κ1) is 28.8. The maximum Gasteiger partial charge on any atom is 0.321 e. The molecule has 0 heterocycles. The van der Waals surface area contributed by atoms with Crippen molar-refractivity contribution in [3.05, 3.63) is 36.4 Å². The van der Waals surface area contributed by atoms with Gasteiger partial charge in [-0.05, 0) is 31.5 Å². The van der Waals surface area contributed by atoms with Gasteiger partial charge in [-0.15, -0.1) is 0 Å². The van der Waals surface area contributed by atoms with Gasteiger partial charge >= 0.3 is 17.9 Å². The average molecular weight is 498 g/mol. The Balaban J connectivity index is 0.000000620. The average Bonchev–Trinajstić information content (AvgIpc) is 2.76. The minimum Gasteiger partial charge on any atom is -0.481 e.